The maximum Gasteiger partial charge on any atom is 0.137 e. The lowest BCUT2D eigenvalue weighted by molar-refractivity contribution is 0.268. The lowest BCUT2D eigenvalue weighted by Gasteiger charge is -2.07. The molecule has 0 amide bonds. The third kappa shape index (κ3) is 3.40. The van der Waals surface area contributed by atoms with Crippen LogP contribution in [0, 0.1) is 23.6 Å². The number of ether oxygens (including phenoxy) is 1. The molecule has 13 heavy (non-hydrogen) atoms. The van der Waals surface area contributed by atoms with Crippen LogP contribution in [0.15, 0.2) is 12.1 Å². The molecule has 0 fully saturated rings. The van der Waals surface area contributed by atoms with Crippen LogP contribution in [0.4, 0.5) is 8.78 Å². The maximum atomic E-state index is 12.6. The molecule has 0 spiro atoms. The Morgan fingerprint density at radius 1 is 1.38 bits per heavy atom. The first-order valence-electron chi connectivity index (χ1n) is 4.09. The van der Waals surface area contributed by atoms with Gasteiger partial charge in [-0.3, -0.25) is 0 Å². The second kappa shape index (κ2) is 4.21. The lowest BCUT2D eigenvalue weighted by atomic mass is 10.2. The SMILES string of the molecule is CC(C)COc1[c]c(F)cc(F)c1. The quantitative estimate of drug-likeness (QED) is 0.703. The van der Waals surface area contributed by atoms with E-state index in [4.69, 9.17) is 4.74 Å². The van der Waals surface area contributed by atoms with E-state index in [0.717, 1.165) is 12.1 Å². The number of hydrogen-bond acceptors (Lipinski definition) is 1. The van der Waals surface area contributed by atoms with Gasteiger partial charge in [0, 0.05) is 12.1 Å². The van der Waals surface area contributed by atoms with Crippen LogP contribution in [0.5, 0.6) is 5.75 Å². The van der Waals surface area contributed by atoms with Gasteiger partial charge < -0.3 is 4.74 Å². The van der Waals surface area contributed by atoms with Crippen molar-refractivity contribution >= 4 is 0 Å². The standard InChI is InChI=1S/C10H11F2O/c1-7(2)6-13-10-4-8(11)3-9(12)5-10/h3-4,7H,6H2,1-2H3. The molecular formula is C10H11F2O. The minimum Gasteiger partial charge on any atom is -0.492 e. The van der Waals surface area contributed by atoms with E-state index in [1.165, 1.54) is 0 Å². The van der Waals surface area contributed by atoms with Crippen molar-refractivity contribution < 1.29 is 13.5 Å². The minimum absolute atomic E-state index is 0.117. The van der Waals surface area contributed by atoms with Gasteiger partial charge in [0.2, 0.25) is 0 Å². The highest BCUT2D eigenvalue weighted by Crippen LogP contribution is 2.14. The van der Waals surface area contributed by atoms with Crippen molar-refractivity contribution in [2.45, 2.75) is 13.8 Å². The second-order valence-electron chi connectivity index (χ2n) is 3.22. The molecule has 0 atom stereocenters. The van der Waals surface area contributed by atoms with Gasteiger partial charge in [0.25, 0.3) is 0 Å². The number of hydrogen-bond donors (Lipinski definition) is 0. The monoisotopic (exact) mass is 185 g/mol. The predicted molar refractivity (Wildman–Crippen MR) is 45.5 cm³/mol. The van der Waals surface area contributed by atoms with Crippen LogP contribution in [-0.2, 0) is 0 Å². The zero-order chi connectivity index (χ0) is 9.84. The van der Waals surface area contributed by atoms with Crippen LogP contribution in [-0.4, -0.2) is 6.61 Å². The van der Waals surface area contributed by atoms with E-state index >= 15 is 0 Å². The summed E-state index contributed by atoms with van der Waals surface area (Å²) in [6.07, 6.45) is 0. The summed E-state index contributed by atoms with van der Waals surface area (Å²) >= 11 is 0. The van der Waals surface area contributed by atoms with E-state index in [-0.39, 0.29) is 5.75 Å². The van der Waals surface area contributed by atoms with E-state index in [0.29, 0.717) is 12.5 Å². The van der Waals surface area contributed by atoms with Crippen molar-refractivity contribution in [2.75, 3.05) is 6.61 Å². The molecule has 1 radical (unpaired) electrons. The Morgan fingerprint density at radius 2 is 2.08 bits per heavy atom. The van der Waals surface area contributed by atoms with Crippen molar-refractivity contribution in [1.82, 2.24) is 0 Å². The average Bonchev–Trinajstić information content (AvgIpc) is 1.99. The summed E-state index contributed by atoms with van der Waals surface area (Å²) in [4.78, 5) is 0. The Labute approximate surface area is 76.3 Å². The Balaban J connectivity index is 2.66. The van der Waals surface area contributed by atoms with Gasteiger partial charge in [-0.1, -0.05) is 13.8 Å². The van der Waals surface area contributed by atoms with Gasteiger partial charge in [0.05, 0.1) is 12.7 Å². The lowest BCUT2D eigenvalue weighted by Crippen LogP contribution is -2.04. The third-order valence-electron chi connectivity index (χ3n) is 1.35. The van der Waals surface area contributed by atoms with E-state index < -0.39 is 11.6 Å². The normalized spacial score (nSPS) is 10.5. The zero-order valence-electron chi connectivity index (χ0n) is 7.60. The van der Waals surface area contributed by atoms with Gasteiger partial charge in [-0.15, -0.1) is 0 Å². The van der Waals surface area contributed by atoms with Crippen molar-refractivity contribution in [3.63, 3.8) is 0 Å². The van der Waals surface area contributed by atoms with E-state index in [1.54, 1.807) is 0 Å². The molecule has 0 aromatic heterocycles. The largest absolute Gasteiger partial charge is 0.492 e. The highest BCUT2D eigenvalue weighted by molar-refractivity contribution is 5.22. The number of rotatable bonds is 3. The molecule has 0 bridgehead atoms. The smallest absolute Gasteiger partial charge is 0.137 e. The molecule has 3 heteroatoms. The first-order chi connectivity index (χ1) is 6.08. The van der Waals surface area contributed by atoms with E-state index in [1.807, 2.05) is 13.8 Å². The van der Waals surface area contributed by atoms with E-state index in [9.17, 15) is 8.78 Å². The Bertz CT molecular complexity index is 264. The third-order valence-corrected chi connectivity index (χ3v) is 1.35. The molecular weight excluding hydrogens is 174 g/mol. The summed E-state index contributed by atoms with van der Waals surface area (Å²) in [5.41, 5.74) is 0. The van der Waals surface area contributed by atoms with Gasteiger partial charge in [-0.25, -0.2) is 8.78 Å². The maximum absolute atomic E-state index is 12.6. The van der Waals surface area contributed by atoms with Crippen LogP contribution < -0.4 is 4.74 Å². The molecule has 0 saturated carbocycles. The summed E-state index contributed by atoms with van der Waals surface area (Å²) < 4.78 is 30.3. The highest BCUT2D eigenvalue weighted by atomic mass is 19.1. The molecule has 0 saturated heterocycles. The van der Waals surface area contributed by atoms with Crippen molar-refractivity contribution in [3.8, 4) is 5.75 Å². The van der Waals surface area contributed by atoms with Crippen molar-refractivity contribution in [1.29, 1.82) is 0 Å². The Kier molecular flexibility index (Phi) is 3.23. The number of benzene rings is 1. The fourth-order valence-corrected chi connectivity index (χ4v) is 0.812. The number of halogens is 2. The van der Waals surface area contributed by atoms with Gasteiger partial charge in [0.15, 0.2) is 0 Å². The van der Waals surface area contributed by atoms with Crippen LogP contribution in [0.25, 0.3) is 0 Å². The van der Waals surface area contributed by atoms with Gasteiger partial charge in [-0.2, -0.15) is 0 Å². The van der Waals surface area contributed by atoms with Gasteiger partial charge in [0.1, 0.15) is 17.4 Å². The van der Waals surface area contributed by atoms with Crippen LogP contribution >= 0.6 is 0 Å². The van der Waals surface area contributed by atoms with Crippen molar-refractivity contribution in [2.24, 2.45) is 5.92 Å². The molecule has 0 heterocycles. The minimum atomic E-state index is -0.737. The summed E-state index contributed by atoms with van der Waals surface area (Å²) in [6.45, 7) is 4.34. The molecule has 1 nitrogen and oxygen atoms in total. The fourth-order valence-electron chi connectivity index (χ4n) is 0.812. The zero-order valence-corrected chi connectivity index (χ0v) is 7.60. The van der Waals surface area contributed by atoms with Gasteiger partial charge >= 0.3 is 0 Å². The molecule has 1 aromatic carbocycles. The summed E-state index contributed by atoms with van der Waals surface area (Å²) in [7, 11) is 0. The van der Waals surface area contributed by atoms with Crippen LogP contribution in [0.3, 0.4) is 0 Å². The van der Waals surface area contributed by atoms with Crippen LogP contribution in [0.2, 0.25) is 0 Å². The summed E-state index contributed by atoms with van der Waals surface area (Å²) in [5.74, 6) is -0.945. The van der Waals surface area contributed by atoms with Crippen LogP contribution in [0.1, 0.15) is 13.8 Å². The molecule has 71 valence electrons. The topological polar surface area (TPSA) is 9.23 Å². The summed E-state index contributed by atoms with van der Waals surface area (Å²) in [6, 6.07) is 4.16. The Hall–Kier alpha value is -1.12. The molecule has 0 aliphatic rings. The van der Waals surface area contributed by atoms with Crippen molar-refractivity contribution in [3.05, 3.63) is 29.8 Å². The van der Waals surface area contributed by atoms with E-state index in [2.05, 4.69) is 6.07 Å². The molecule has 1 rings (SSSR count). The highest BCUT2D eigenvalue weighted by Gasteiger charge is 2.02. The second-order valence-corrected chi connectivity index (χ2v) is 3.22. The Morgan fingerprint density at radius 3 is 2.62 bits per heavy atom. The first kappa shape index (κ1) is 9.96. The average molecular weight is 185 g/mol. The first-order valence-corrected chi connectivity index (χ1v) is 4.09. The molecule has 1 aromatic rings. The van der Waals surface area contributed by atoms with Gasteiger partial charge in [-0.05, 0) is 5.92 Å². The molecule has 0 aliphatic heterocycles. The molecule has 0 unspecified atom stereocenters. The fraction of sp³-hybridized carbons (Fsp3) is 0.400. The molecule has 0 N–H and O–H groups in total. The summed E-state index contributed by atoms with van der Waals surface area (Å²) in [5, 5.41) is 0. The predicted octanol–water partition coefficient (Wildman–Crippen LogP) is 2.80. The molecule has 0 aliphatic carbocycles.